The third-order valence-corrected chi connectivity index (χ3v) is 5.42. The topological polar surface area (TPSA) is 66.8 Å². The van der Waals surface area contributed by atoms with E-state index in [1.165, 1.54) is 11.1 Å². The third kappa shape index (κ3) is 3.45. The number of aromatic nitrogens is 4. The average Bonchev–Trinajstić information content (AvgIpc) is 3.44. The zero-order chi connectivity index (χ0) is 19.6. The van der Waals surface area contributed by atoms with E-state index in [0.29, 0.717) is 13.1 Å². The van der Waals surface area contributed by atoms with Crippen LogP contribution in [0.25, 0.3) is 16.6 Å². The number of fused-ring (bicyclic) bond motifs is 1. The van der Waals surface area contributed by atoms with Gasteiger partial charge in [0.15, 0.2) is 0 Å². The summed E-state index contributed by atoms with van der Waals surface area (Å²) in [5, 5.41) is 1.13. The minimum absolute atomic E-state index is 0.0788. The number of pyridine rings is 1. The molecule has 1 amide bonds. The van der Waals surface area contributed by atoms with Gasteiger partial charge >= 0.3 is 0 Å². The Bertz CT molecular complexity index is 1170. The molecule has 0 saturated heterocycles. The van der Waals surface area contributed by atoms with Crippen LogP contribution in [-0.4, -0.2) is 43.4 Å². The van der Waals surface area contributed by atoms with Crippen LogP contribution in [0.4, 0.5) is 0 Å². The number of rotatable bonds is 4. The largest absolute Gasteiger partial charge is 0.346 e. The maximum absolute atomic E-state index is 12.9. The van der Waals surface area contributed by atoms with E-state index in [1.807, 2.05) is 52.2 Å². The Kier molecular flexibility index (Phi) is 4.44. The molecule has 5 rings (SSSR count). The monoisotopic (exact) mass is 383 g/mol. The summed E-state index contributed by atoms with van der Waals surface area (Å²) in [6.45, 7) is 2.09. The summed E-state index contributed by atoms with van der Waals surface area (Å²) in [5.41, 5.74) is 5.23. The Morgan fingerprint density at radius 3 is 2.79 bits per heavy atom. The van der Waals surface area contributed by atoms with E-state index in [-0.39, 0.29) is 5.91 Å². The highest BCUT2D eigenvalue weighted by Gasteiger charge is 2.20. The Morgan fingerprint density at radius 2 is 2.03 bits per heavy atom. The first kappa shape index (κ1) is 17.4. The smallest absolute Gasteiger partial charge is 0.254 e. The molecule has 3 aromatic heterocycles. The Labute approximate surface area is 168 Å². The average molecular weight is 383 g/mol. The number of carbonyl (C=O) groups excluding carboxylic acids is 1. The molecule has 0 spiro atoms. The molecule has 4 aromatic rings. The fourth-order valence-corrected chi connectivity index (χ4v) is 3.85. The number of benzene rings is 1. The molecule has 0 radical (unpaired) electrons. The van der Waals surface area contributed by atoms with Crippen LogP contribution in [-0.2, 0) is 6.54 Å². The van der Waals surface area contributed by atoms with Crippen LogP contribution in [0.2, 0.25) is 0 Å². The molecule has 1 N–H and O–H groups in total. The number of hydrogen-bond acceptors (Lipinski definition) is 3. The van der Waals surface area contributed by atoms with Crippen molar-refractivity contribution >= 4 is 22.5 Å². The SMILES string of the molecule is O=C(c1ccc(Cn2ccnc2)cc1)N1CC=C(c2c[nH]c3ncccc23)CC1. The lowest BCUT2D eigenvalue weighted by Gasteiger charge is -2.26. The molecule has 0 aliphatic carbocycles. The number of hydrogen-bond donors (Lipinski definition) is 1. The van der Waals surface area contributed by atoms with Crippen molar-refractivity contribution < 1.29 is 4.79 Å². The molecular weight excluding hydrogens is 362 g/mol. The molecule has 6 nitrogen and oxygen atoms in total. The predicted molar refractivity (Wildman–Crippen MR) is 112 cm³/mol. The third-order valence-electron chi connectivity index (χ3n) is 5.42. The molecule has 0 fully saturated rings. The second-order valence-electron chi connectivity index (χ2n) is 7.26. The molecule has 6 heteroatoms. The fourth-order valence-electron chi connectivity index (χ4n) is 3.85. The van der Waals surface area contributed by atoms with Gasteiger partial charge in [-0.1, -0.05) is 18.2 Å². The number of imidazole rings is 1. The molecule has 1 aliphatic rings. The van der Waals surface area contributed by atoms with Gasteiger partial charge in [-0.3, -0.25) is 4.79 Å². The molecule has 0 atom stereocenters. The minimum atomic E-state index is 0.0788. The van der Waals surface area contributed by atoms with Crippen molar-refractivity contribution in [2.45, 2.75) is 13.0 Å². The summed E-state index contributed by atoms with van der Waals surface area (Å²) in [6.07, 6.45) is 12.3. The van der Waals surface area contributed by atoms with Crippen molar-refractivity contribution in [3.05, 3.63) is 90.3 Å². The normalized spacial score (nSPS) is 14.2. The second kappa shape index (κ2) is 7.39. The Morgan fingerprint density at radius 1 is 1.14 bits per heavy atom. The molecule has 1 aliphatic heterocycles. The number of H-pyrrole nitrogens is 1. The number of carbonyl (C=O) groups is 1. The maximum Gasteiger partial charge on any atom is 0.254 e. The van der Waals surface area contributed by atoms with E-state index >= 15 is 0 Å². The standard InChI is InChI=1S/C23H21N5O/c29-23(19-5-3-17(4-6-19)15-27-13-10-24-16-27)28-11-7-18(8-12-28)21-14-26-22-20(21)2-1-9-25-22/h1-7,9-10,13-14,16H,8,11-12,15H2,(H,25,26). The molecule has 4 heterocycles. The second-order valence-corrected chi connectivity index (χ2v) is 7.26. The van der Waals surface area contributed by atoms with Crippen LogP contribution < -0.4 is 0 Å². The molecule has 0 unspecified atom stereocenters. The summed E-state index contributed by atoms with van der Waals surface area (Å²) in [6, 6.07) is 11.9. The highest BCUT2D eigenvalue weighted by molar-refractivity contribution is 5.95. The van der Waals surface area contributed by atoms with Gasteiger partial charge in [0.2, 0.25) is 0 Å². The van der Waals surface area contributed by atoms with E-state index in [0.717, 1.165) is 35.1 Å². The predicted octanol–water partition coefficient (Wildman–Crippen LogP) is 3.74. The van der Waals surface area contributed by atoms with Crippen molar-refractivity contribution in [1.29, 1.82) is 0 Å². The summed E-state index contributed by atoms with van der Waals surface area (Å²) in [5.74, 6) is 0.0788. The van der Waals surface area contributed by atoms with Crippen LogP contribution in [0.5, 0.6) is 0 Å². The highest BCUT2D eigenvalue weighted by atomic mass is 16.2. The number of nitrogens with one attached hydrogen (secondary N) is 1. The van der Waals surface area contributed by atoms with E-state index < -0.39 is 0 Å². The lowest BCUT2D eigenvalue weighted by atomic mass is 9.99. The van der Waals surface area contributed by atoms with Gasteiger partial charge in [-0.05, 0) is 41.8 Å². The van der Waals surface area contributed by atoms with Gasteiger partial charge in [0.25, 0.3) is 5.91 Å². The molecular formula is C23H21N5O. The van der Waals surface area contributed by atoms with Gasteiger partial charge in [-0.25, -0.2) is 9.97 Å². The first-order chi connectivity index (χ1) is 14.3. The van der Waals surface area contributed by atoms with Gasteiger partial charge in [0.1, 0.15) is 5.65 Å². The lowest BCUT2D eigenvalue weighted by molar-refractivity contribution is 0.0773. The first-order valence-electron chi connectivity index (χ1n) is 9.73. The lowest BCUT2D eigenvalue weighted by Crippen LogP contribution is -2.34. The van der Waals surface area contributed by atoms with Gasteiger partial charge in [0, 0.05) is 60.9 Å². The molecule has 144 valence electrons. The zero-order valence-corrected chi connectivity index (χ0v) is 16.0. The molecule has 29 heavy (non-hydrogen) atoms. The molecule has 0 saturated carbocycles. The minimum Gasteiger partial charge on any atom is -0.346 e. The van der Waals surface area contributed by atoms with Crippen molar-refractivity contribution in [3.8, 4) is 0 Å². The zero-order valence-electron chi connectivity index (χ0n) is 16.0. The van der Waals surface area contributed by atoms with Crippen LogP contribution in [0.3, 0.4) is 0 Å². The number of aromatic amines is 1. The van der Waals surface area contributed by atoms with Gasteiger partial charge in [-0.2, -0.15) is 0 Å². The van der Waals surface area contributed by atoms with Crippen molar-refractivity contribution in [2.24, 2.45) is 0 Å². The summed E-state index contributed by atoms with van der Waals surface area (Å²) in [4.78, 5) is 26.4. The van der Waals surface area contributed by atoms with Gasteiger partial charge in [-0.15, -0.1) is 0 Å². The highest BCUT2D eigenvalue weighted by Crippen LogP contribution is 2.28. The van der Waals surface area contributed by atoms with E-state index in [4.69, 9.17) is 0 Å². The van der Waals surface area contributed by atoms with Crippen LogP contribution in [0.15, 0.2) is 73.6 Å². The summed E-state index contributed by atoms with van der Waals surface area (Å²) < 4.78 is 2.01. The van der Waals surface area contributed by atoms with Crippen LogP contribution in [0, 0.1) is 0 Å². The van der Waals surface area contributed by atoms with Gasteiger partial charge < -0.3 is 14.5 Å². The number of amides is 1. The maximum atomic E-state index is 12.9. The fraction of sp³-hybridized carbons (Fsp3) is 0.174. The summed E-state index contributed by atoms with van der Waals surface area (Å²) >= 11 is 0. The van der Waals surface area contributed by atoms with Crippen molar-refractivity contribution in [1.82, 2.24) is 24.4 Å². The van der Waals surface area contributed by atoms with Crippen molar-refractivity contribution in [3.63, 3.8) is 0 Å². The van der Waals surface area contributed by atoms with E-state index in [9.17, 15) is 4.79 Å². The van der Waals surface area contributed by atoms with Gasteiger partial charge in [0.05, 0.1) is 6.33 Å². The number of nitrogens with zero attached hydrogens (tertiary/aromatic N) is 4. The van der Waals surface area contributed by atoms with Crippen LogP contribution in [0.1, 0.15) is 27.9 Å². The van der Waals surface area contributed by atoms with E-state index in [1.54, 1.807) is 18.7 Å². The van der Waals surface area contributed by atoms with E-state index in [2.05, 4.69) is 27.1 Å². The summed E-state index contributed by atoms with van der Waals surface area (Å²) in [7, 11) is 0. The molecule has 1 aromatic carbocycles. The molecule has 0 bridgehead atoms. The Hall–Kier alpha value is -3.67. The quantitative estimate of drug-likeness (QED) is 0.584. The van der Waals surface area contributed by atoms with Crippen LogP contribution >= 0.6 is 0 Å². The Balaban J connectivity index is 1.28. The van der Waals surface area contributed by atoms with Crippen molar-refractivity contribution in [2.75, 3.05) is 13.1 Å². The first-order valence-corrected chi connectivity index (χ1v) is 9.73.